The molecule has 2 saturated heterocycles. The maximum atomic E-state index is 13.6. The summed E-state index contributed by atoms with van der Waals surface area (Å²) in [6, 6.07) is 11.9. The van der Waals surface area contributed by atoms with Gasteiger partial charge in [0.1, 0.15) is 17.2 Å². The number of carbonyl (C=O) groups excluding carboxylic acids is 1. The smallest absolute Gasteiger partial charge is 0.243 e. The number of rotatable bonds is 7. The molecule has 0 N–H and O–H groups in total. The summed E-state index contributed by atoms with van der Waals surface area (Å²) in [4.78, 5) is 15.7. The van der Waals surface area contributed by atoms with Crippen LogP contribution in [0.5, 0.6) is 17.2 Å². The SMILES string of the molecule is COc1ccc(S(=O)(=O)N2CCCC(C(=O)N3CCCC3c3ccc(OC)cc3OC)C2)cc1. The van der Waals surface area contributed by atoms with Gasteiger partial charge in [0.05, 0.1) is 38.2 Å². The molecule has 2 aliphatic rings. The maximum Gasteiger partial charge on any atom is 0.243 e. The molecular formula is C25H32N2O6S. The molecule has 34 heavy (non-hydrogen) atoms. The van der Waals surface area contributed by atoms with E-state index in [-0.39, 0.29) is 29.3 Å². The van der Waals surface area contributed by atoms with Crippen LogP contribution >= 0.6 is 0 Å². The zero-order valence-corrected chi connectivity index (χ0v) is 20.7. The first-order valence-corrected chi connectivity index (χ1v) is 13.0. The van der Waals surface area contributed by atoms with Gasteiger partial charge in [-0.1, -0.05) is 0 Å². The van der Waals surface area contributed by atoms with E-state index in [2.05, 4.69) is 0 Å². The van der Waals surface area contributed by atoms with Crippen LogP contribution in [0.3, 0.4) is 0 Å². The zero-order valence-electron chi connectivity index (χ0n) is 19.9. The van der Waals surface area contributed by atoms with E-state index in [0.717, 1.165) is 18.4 Å². The highest BCUT2D eigenvalue weighted by Gasteiger charge is 2.39. The number of carbonyl (C=O) groups is 1. The molecule has 2 heterocycles. The maximum absolute atomic E-state index is 13.6. The lowest BCUT2D eigenvalue weighted by atomic mass is 9.96. The molecule has 2 atom stereocenters. The summed E-state index contributed by atoms with van der Waals surface area (Å²) in [6.07, 6.45) is 3.06. The van der Waals surface area contributed by atoms with Crippen molar-refractivity contribution in [3.05, 3.63) is 48.0 Å². The number of methoxy groups -OCH3 is 3. The van der Waals surface area contributed by atoms with Gasteiger partial charge in [-0.05, 0) is 62.1 Å². The Morgan fingerprint density at radius 1 is 0.882 bits per heavy atom. The van der Waals surface area contributed by atoms with Crippen molar-refractivity contribution in [1.82, 2.24) is 9.21 Å². The second kappa shape index (κ2) is 10.2. The van der Waals surface area contributed by atoms with Gasteiger partial charge in [0.15, 0.2) is 0 Å². The van der Waals surface area contributed by atoms with Gasteiger partial charge >= 0.3 is 0 Å². The van der Waals surface area contributed by atoms with Gasteiger partial charge < -0.3 is 19.1 Å². The fraction of sp³-hybridized carbons (Fsp3) is 0.480. The van der Waals surface area contributed by atoms with Crippen LogP contribution < -0.4 is 14.2 Å². The van der Waals surface area contributed by atoms with Crippen LogP contribution in [0.4, 0.5) is 0 Å². The van der Waals surface area contributed by atoms with E-state index in [1.54, 1.807) is 38.5 Å². The molecule has 8 nitrogen and oxygen atoms in total. The fourth-order valence-corrected chi connectivity index (χ4v) is 6.46. The minimum absolute atomic E-state index is 0.00926. The topological polar surface area (TPSA) is 85.4 Å². The number of nitrogens with zero attached hydrogens (tertiary/aromatic N) is 2. The van der Waals surface area contributed by atoms with Gasteiger partial charge in [-0.2, -0.15) is 4.31 Å². The van der Waals surface area contributed by atoms with E-state index in [4.69, 9.17) is 14.2 Å². The molecule has 184 valence electrons. The molecule has 2 unspecified atom stereocenters. The van der Waals surface area contributed by atoms with Crippen LogP contribution in [0, 0.1) is 5.92 Å². The van der Waals surface area contributed by atoms with Crippen molar-refractivity contribution in [3.8, 4) is 17.2 Å². The molecule has 0 radical (unpaired) electrons. The molecule has 2 aromatic rings. The fourth-order valence-electron chi connectivity index (χ4n) is 4.94. The molecule has 0 saturated carbocycles. The molecule has 9 heteroatoms. The van der Waals surface area contributed by atoms with Crippen molar-refractivity contribution in [3.63, 3.8) is 0 Å². The van der Waals surface area contributed by atoms with Gasteiger partial charge in [0, 0.05) is 31.3 Å². The van der Waals surface area contributed by atoms with E-state index >= 15 is 0 Å². The van der Waals surface area contributed by atoms with Gasteiger partial charge in [0.2, 0.25) is 15.9 Å². The highest BCUT2D eigenvalue weighted by atomic mass is 32.2. The van der Waals surface area contributed by atoms with Crippen LogP contribution in [0.15, 0.2) is 47.4 Å². The van der Waals surface area contributed by atoms with Crippen molar-refractivity contribution in [2.45, 2.75) is 36.6 Å². The standard InChI is InChI=1S/C25H32N2O6S/c1-31-19-8-11-21(12-9-19)34(29,30)26-14-4-6-18(17-26)25(28)27-15-5-7-23(27)22-13-10-20(32-2)16-24(22)33-3/h8-13,16,18,23H,4-7,14-15,17H2,1-3H3. The summed E-state index contributed by atoms with van der Waals surface area (Å²) < 4.78 is 43.9. The van der Waals surface area contributed by atoms with Crippen molar-refractivity contribution >= 4 is 15.9 Å². The number of hydrogen-bond acceptors (Lipinski definition) is 6. The Kier molecular flexibility index (Phi) is 7.33. The van der Waals surface area contributed by atoms with Crippen molar-refractivity contribution < 1.29 is 27.4 Å². The van der Waals surface area contributed by atoms with E-state index in [0.29, 0.717) is 43.2 Å². The first-order valence-electron chi connectivity index (χ1n) is 11.6. The minimum atomic E-state index is -3.69. The van der Waals surface area contributed by atoms with Gasteiger partial charge in [-0.25, -0.2) is 8.42 Å². The van der Waals surface area contributed by atoms with Crippen LogP contribution in [0.25, 0.3) is 0 Å². The number of hydrogen-bond donors (Lipinski definition) is 0. The van der Waals surface area contributed by atoms with Crippen molar-refractivity contribution in [2.24, 2.45) is 5.92 Å². The summed E-state index contributed by atoms with van der Waals surface area (Å²) in [5, 5.41) is 0. The molecule has 0 aromatic heterocycles. The van der Waals surface area contributed by atoms with Crippen LogP contribution in [0.2, 0.25) is 0 Å². The average Bonchev–Trinajstić information content (AvgIpc) is 3.37. The third kappa shape index (κ3) is 4.72. The molecular weight excluding hydrogens is 456 g/mol. The summed E-state index contributed by atoms with van der Waals surface area (Å²) in [7, 11) is 1.07. The van der Waals surface area contributed by atoms with Crippen molar-refractivity contribution in [2.75, 3.05) is 41.0 Å². The number of ether oxygens (including phenoxy) is 3. The first-order chi connectivity index (χ1) is 16.4. The van der Waals surface area contributed by atoms with E-state index in [9.17, 15) is 13.2 Å². The first kappa shape index (κ1) is 24.3. The molecule has 2 fully saturated rings. The Morgan fingerprint density at radius 2 is 1.56 bits per heavy atom. The third-order valence-electron chi connectivity index (χ3n) is 6.77. The summed E-state index contributed by atoms with van der Waals surface area (Å²) >= 11 is 0. The zero-order chi connectivity index (χ0) is 24.3. The molecule has 2 aromatic carbocycles. The lowest BCUT2D eigenvalue weighted by molar-refractivity contribution is -0.137. The van der Waals surface area contributed by atoms with Crippen molar-refractivity contribution in [1.29, 1.82) is 0 Å². The average molecular weight is 489 g/mol. The molecule has 0 spiro atoms. The van der Waals surface area contributed by atoms with E-state index < -0.39 is 10.0 Å². The van der Waals surface area contributed by atoms with E-state index in [1.807, 2.05) is 23.1 Å². The summed E-state index contributed by atoms with van der Waals surface area (Å²) in [6.45, 7) is 1.25. The second-order valence-electron chi connectivity index (χ2n) is 8.68. The number of amides is 1. The second-order valence-corrected chi connectivity index (χ2v) is 10.6. The van der Waals surface area contributed by atoms with Gasteiger partial charge in [-0.3, -0.25) is 4.79 Å². The van der Waals surface area contributed by atoms with Crippen LogP contribution in [-0.4, -0.2) is 64.5 Å². The third-order valence-corrected chi connectivity index (χ3v) is 8.65. The monoisotopic (exact) mass is 488 g/mol. The summed E-state index contributed by atoms with van der Waals surface area (Å²) in [5.74, 6) is 1.63. The lowest BCUT2D eigenvalue weighted by Crippen LogP contribution is -2.46. The Hall–Kier alpha value is -2.78. The van der Waals surface area contributed by atoms with Crippen LogP contribution in [0.1, 0.15) is 37.3 Å². The van der Waals surface area contributed by atoms with Gasteiger partial charge in [-0.15, -0.1) is 0 Å². The quantitative estimate of drug-likeness (QED) is 0.593. The van der Waals surface area contributed by atoms with Gasteiger partial charge in [0.25, 0.3) is 0 Å². The minimum Gasteiger partial charge on any atom is -0.497 e. The molecule has 2 aliphatic heterocycles. The highest BCUT2D eigenvalue weighted by molar-refractivity contribution is 7.89. The Bertz CT molecular complexity index is 1120. The molecule has 1 amide bonds. The summed E-state index contributed by atoms with van der Waals surface area (Å²) in [5.41, 5.74) is 0.952. The Labute approximate surface area is 201 Å². The normalized spacial score (nSPS) is 21.3. The highest BCUT2D eigenvalue weighted by Crippen LogP contribution is 2.40. The number of sulfonamides is 1. The Balaban J connectivity index is 1.52. The predicted octanol–water partition coefficient (Wildman–Crippen LogP) is 3.48. The Morgan fingerprint density at radius 3 is 2.24 bits per heavy atom. The predicted molar refractivity (Wildman–Crippen MR) is 128 cm³/mol. The molecule has 0 aliphatic carbocycles. The van der Waals surface area contributed by atoms with E-state index in [1.165, 1.54) is 11.4 Å². The number of piperidine rings is 1. The molecule has 4 rings (SSSR count). The number of benzene rings is 2. The lowest BCUT2D eigenvalue weighted by Gasteiger charge is -2.35. The number of likely N-dealkylation sites (tertiary alicyclic amines) is 1. The largest absolute Gasteiger partial charge is 0.497 e. The van der Waals surface area contributed by atoms with Crippen LogP contribution in [-0.2, 0) is 14.8 Å². The molecule has 0 bridgehead atoms.